The zero-order chi connectivity index (χ0) is 9.97. The van der Waals surface area contributed by atoms with Gasteiger partial charge in [0.1, 0.15) is 0 Å². The molecule has 3 nitrogen and oxygen atoms in total. The summed E-state index contributed by atoms with van der Waals surface area (Å²) in [5, 5.41) is 14.9. The summed E-state index contributed by atoms with van der Waals surface area (Å²) < 4.78 is 1.78. The molecule has 4 heteroatoms. The molecule has 1 aliphatic heterocycles. The van der Waals surface area contributed by atoms with Crippen molar-refractivity contribution >= 4 is 15.9 Å². The van der Waals surface area contributed by atoms with E-state index >= 15 is 0 Å². The fourth-order valence-electron chi connectivity index (χ4n) is 1.84. The molecule has 0 aliphatic carbocycles. The number of nitrogens with zero attached hydrogens (tertiary/aromatic N) is 1. The fraction of sp³-hybridized carbons (Fsp3) is 0.500. The molecule has 0 saturated carbocycles. The van der Waals surface area contributed by atoms with Gasteiger partial charge in [-0.2, -0.15) is 4.73 Å². The molecule has 0 spiro atoms. The van der Waals surface area contributed by atoms with Crippen LogP contribution in [-0.4, -0.2) is 6.54 Å². The number of rotatable bonds is 1. The molecule has 1 aliphatic rings. The van der Waals surface area contributed by atoms with Crippen molar-refractivity contribution in [3.8, 4) is 0 Å². The third kappa shape index (κ3) is 2.07. The van der Waals surface area contributed by atoms with Crippen molar-refractivity contribution in [2.75, 3.05) is 6.54 Å². The lowest BCUT2D eigenvalue weighted by Gasteiger charge is -2.22. The van der Waals surface area contributed by atoms with E-state index < -0.39 is 0 Å². The molecule has 14 heavy (non-hydrogen) atoms. The van der Waals surface area contributed by atoms with E-state index in [4.69, 9.17) is 0 Å². The van der Waals surface area contributed by atoms with Crippen LogP contribution in [0.25, 0.3) is 0 Å². The highest BCUT2D eigenvalue weighted by atomic mass is 79.9. The molecular weight excluding hydrogens is 244 g/mol. The fourth-order valence-corrected chi connectivity index (χ4v) is 2.16. The lowest BCUT2D eigenvalue weighted by atomic mass is 10.0. The van der Waals surface area contributed by atoms with Gasteiger partial charge in [0.05, 0.1) is 10.5 Å². The Balaban J connectivity index is 2.22. The molecule has 76 valence electrons. The summed E-state index contributed by atoms with van der Waals surface area (Å²) in [7, 11) is 0. The van der Waals surface area contributed by atoms with E-state index in [1.807, 2.05) is 12.1 Å². The van der Waals surface area contributed by atoms with Gasteiger partial charge in [0.2, 0.25) is 5.69 Å². The van der Waals surface area contributed by atoms with Crippen molar-refractivity contribution in [1.29, 1.82) is 0 Å². The Kier molecular flexibility index (Phi) is 3.03. The van der Waals surface area contributed by atoms with Crippen molar-refractivity contribution in [2.45, 2.75) is 25.3 Å². The Labute approximate surface area is 91.8 Å². The molecular formula is C10H13BrN2O. The SMILES string of the molecule is [O-][n+]1cc(Br)ccc1C1CCCCN1. The van der Waals surface area contributed by atoms with Crippen LogP contribution in [0.2, 0.25) is 0 Å². The van der Waals surface area contributed by atoms with Gasteiger partial charge in [0, 0.05) is 6.07 Å². The van der Waals surface area contributed by atoms with Crippen LogP contribution in [0.4, 0.5) is 0 Å². The first kappa shape index (κ1) is 9.93. The Bertz CT molecular complexity index is 324. The van der Waals surface area contributed by atoms with Crippen molar-refractivity contribution in [3.63, 3.8) is 0 Å². The van der Waals surface area contributed by atoms with Gasteiger partial charge in [-0.05, 0) is 41.4 Å². The monoisotopic (exact) mass is 256 g/mol. The molecule has 2 rings (SSSR count). The summed E-state index contributed by atoms with van der Waals surface area (Å²) in [6.45, 7) is 1.01. The molecule has 1 saturated heterocycles. The predicted molar refractivity (Wildman–Crippen MR) is 57.7 cm³/mol. The van der Waals surface area contributed by atoms with Crippen LogP contribution >= 0.6 is 15.9 Å². The summed E-state index contributed by atoms with van der Waals surface area (Å²) >= 11 is 3.28. The number of halogens is 1. The topological polar surface area (TPSA) is 39.0 Å². The Hall–Kier alpha value is -0.610. The molecule has 1 atom stereocenters. The van der Waals surface area contributed by atoms with Gasteiger partial charge in [-0.1, -0.05) is 6.42 Å². The highest BCUT2D eigenvalue weighted by molar-refractivity contribution is 9.10. The first-order valence-corrected chi connectivity index (χ1v) is 5.68. The minimum absolute atomic E-state index is 0.231. The molecule has 2 heterocycles. The summed E-state index contributed by atoms with van der Waals surface area (Å²) in [4.78, 5) is 0. The maximum Gasteiger partial charge on any atom is 0.209 e. The highest BCUT2D eigenvalue weighted by Crippen LogP contribution is 2.20. The van der Waals surface area contributed by atoms with E-state index in [-0.39, 0.29) is 6.04 Å². The molecule has 0 bridgehead atoms. The van der Waals surface area contributed by atoms with Crippen LogP contribution in [0, 0.1) is 5.21 Å². The van der Waals surface area contributed by atoms with Crippen LogP contribution in [0.5, 0.6) is 0 Å². The number of hydrogen-bond acceptors (Lipinski definition) is 2. The van der Waals surface area contributed by atoms with Crippen molar-refractivity contribution in [3.05, 3.63) is 33.7 Å². The first-order valence-electron chi connectivity index (χ1n) is 4.89. The Morgan fingerprint density at radius 2 is 2.29 bits per heavy atom. The van der Waals surface area contributed by atoms with E-state index in [0.29, 0.717) is 0 Å². The number of aromatic nitrogens is 1. The van der Waals surface area contributed by atoms with Gasteiger partial charge in [0.15, 0.2) is 6.20 Å². The Morgan fingerprint density at radius 3 is 2.93 bits per heavy atom. The van der Waals surface area contributed by atoms with E-state index in [0.717, 1.165) is 27.9 Å². The predicted octanol–water partition coefficient (Wildman–Crippen LogP) is 1.90. The summed E-state index contributed by atoms with van der Waals surface area (Å²) in [6, 6.07) is 4.04. The van der Waals surface area contributed by atoms with Gasteiger partial charge in [-0.25, -0.2) is 0 Å². The summed E-state index contributed by atoms with van der Waals surface area (Å²) in [5.74, 6) is 0. The largest absolute Gasteiger partial charge is 0.618 e. The standard InChI is InChI=1S/C10H13BrN2O/c11-8-4-5-10(13(14)7-8)9-3-1-2-6-12-9/h4-5,7,9,12H,1-3,6H2. The van der Waals surface area contributed by atoms with Crippen LogP contribution in [-0.2, 0) is 0 Å². The number of hydrogen-bond donors (Lipinski definition) is 1. The lowest BCUT2D eigenvalue weighted by Crippen LogP contribution is -2.39. The minimum atomic E-state index is 0.231. The van der Waals surface area contributed by atoms with Gasteiger partial charge in [-0.15, -0.1) is 0 Å². The molecule has 1 N–H and O–H groups in total. The highest BCUT2D eigenvalue weighted by Gasteiger charge is 2.21. The molecule has 1 unspecified atom stereocenters. The van der Waals surface area contributed by atoms with E-state index in [9.17, 15) is 5.21 Å². The number of piperidine rings is 1. The minimum Gasteiger partial charge on any atom is -0.618 e. The molecule has 1 aromatic rings. The van der Waals surface area contributed by atoms with Crippen LogP contribution in [0.1, 0.15) is 31.0 Å². The average molecular weight is 257 g/mol. The normalized spacial score (nSPS) is 22.2. The maximum absolute atomic E-state index is 11.6. The maximum atomic E-state index is 11.6. The smallest absolute Gasteiger partial charge is 0.209 e. The second-order valence-electron chi connectivity index (χ2n) is 3.60. The molecule has 0 aromatic carbocycles. The number of pyridine rings is 1. The van der Waals surface area contributed by atoms with Gasteiger partial charge in [-0.3, -0.25) is 0 Å². The zero-order valence-corrected chi connectivity index (χ0v) is 9.46. The quantitative estimate of drug-likeness (QED) is 0.616. The van der Waals surface area contributed by atoms with Crippen LogP contribution in [0.3, 0.4) is 0 Å². The first-order chi connectivity index (χ1) is 6.77. The lowest BCUT2D eigenvalue weighted by molar-refractivity contribution is -0.616. The van der Waals surface area contributed by atoms with Crippen molar-refractivity contribution in [1.82, 2.24) is 5.32 Å². The number of nitrogens with one attached hydrogen (secondary N) is 1. The molecule has 0 radical (unpaired) electrons. The third-order valence-corrected chi connectivity index (χ3v) is 3.04. The molecule has 1 fully saturated rings. The second kappa shape index (κ2) is 4.28. The average Bonchev–Trinajstić information content (AvgIpc) is 2.19. The summed E-state index contributed by atoms with van der Waals surface area (Å²) in [5.41, 5.74) is 0.827. The molecule has 1 aromatic heterocycles. The Morgan fingerprint density at radius 1 is 1.43 bits per heavy atom. The summed E-state index contributed by atoms with van der Waals surface area (Å²) in [6.07, 6.45) is 5.04. The third-order valence-electron chi connectivity index (χ3n) is 2.58. The van der Waals surface area contributed by atoms with Gasteiger partial charge < -0.3 is 10.5 Å². The second-order valence-corrected chi connectivity index (χ2v) is 4.52. The zero-order valence-electron chi connectivity index (χ0n) is 7.87. The van der Waals surface area contributed by atoms with Crippen molar-refractivity contribution in [2.24, 2.45) is 0 Å². The van der Waals surface area contributed by atoms with Crippen LogP contribution in [0.15, 0.2) is 22.8 Å². The van der Waals surface area contributed by atoms with Gasteiger partial charge >= 0.3 is 0 Å². The van der Waals surface area contributed by atoms with Crippen LogP contribution < -0.4 is 10.0 Å². The molecule has 0 amide bonds. The van der Waals surface area contributed by atoms with E-state index in [2.05, 4.69) is 21.2 Å². The van der Waals surface area contributed by atoms with E-state index in [1.54, 1.807) is 6.20 Å². The van der Waals surface area contributed by atoms with Crippen molar-refractivity contribution < 1.29 is 4.73 Å². The van der Waals surface area contributed by atoms with Gasteiger partial charge in [0.25, 0.3) is 0 Å². The van der Waals surface area contributed by atoms with E-state index in [1.165, 1.54) is 12.8 Å².